The van der Waals surface area contributed by atoms with E-state index in [0.717, 1.165) is 0 Å². The SMILES string of the molecule is COCC(Br)CN(C)S(=O)(=O)c1ccc(NC(C)=O)cc1. The average molecular weight is 379 g/mol. The number of methoxy groups -OCH3 is 1. The number of benzene rings is 1. The number of hydrogen-bond donors (Lipinski definition) is 1. The molecule has 6 nitrogen and oxygen atoms in total. The predicted molar refractivity (Wildman–Crippen MR) is 85.2 cm³/mol. The summed E-state index contributed by atoms with van der Waals surface area (Å²) in [4.78, 5) is 11.0. The Morgan fingerprint density at radius 1 is 1.38 bits per heavy atom. The van der Waals surface area contributed by atoms with Gasteiger partial charge in [0.15, 0.2) is 0 Å². The van der Waals surface area contributed by atoms with Gasteiger partial charge in [-0.1, -0.05) is 15.9 Å². The highest BCUT2D eigenvalue weighted by Gasteiger charge is 2.22. The topological polar surface area (TPSA) is 75.7 Å². The van der Waals surface area contributed by atoms with Crippen molar-refractivity contribution >= 4 is 37.5 Å². The predicted octanol–water partition coefficient (Wildman–Crippen LogP) is 1.68. The van der Waals surface area contributed by atoms with E-state index in [4.69, 9.17) is 4.74 Å². The van der Waals surface area contributed by atoms with Gasteiger partial charge in [0.1, 0.15) is 0 Å². The van der Waals surface area contributed by atoms with Gasteiger partial charge < -0.3 is 10.1 Å². The molecule has 0 bridgehead atoms. The molecule has 1 amide bonds. The lowest BCUT2D eigenvalue weighted by Crippen LogP contribution is -2.33. The van der Waals surface area contributed by atoms with Crippen LogP contribution in [0.15, 0.2) is 29.2 Å². The summed E-state index contributed by atoms with van der Waals surface area (Å²) in [6.07, 6.45) is 0. The van der Waals surface area contributed by atoms with E-state index < -0.39 is 10.0 Å². The van der Waals surface area contributed by atoms with Gasteiger partial charge in [0.25, 0.3) is 0 Å². The highest BCUT2D eigenvalue weighted by Crippen LogP contribution is 2.18. The van der Waals surface area contributed by atoms with E-state index in [0.29, 0.717) is 18.8 Å². The number of ether oxygens (including phenoxy) is 1. The van der Waals surface area contributed by atoms with Crippen molar-refractivity contribution in [1.29, 1.82) is 0 Å². The third-order valence-electron chi connectivity index (χ3n) is 2.69. The van der Waals surface area contributed by atoms with E-state index >= 15 is 0 Å². The fourth-order valence-electron chi connectivity index (χ4n) is 1.70. The monoisotopic (exact) mass is 378 g/mol. The van der Waals surface area contributed by atoms with Crippen LogP contribution >= 0.6 is 15.9 Å². The molecule has 0 fully saturated rings. The van der Waals surface area contributed by atoms with E-state index in [1.807, 2.05) is 0 Å². The number of nitrogens with one attached hydrogen (secondary N) is 1. The number of carbonyl (C=O) groups is 1. The van der Waals surface area contributed by atoms with Gasteiger partial charge in [-0.3, -0.25) is 4.79 Å². The van der Waals surface area contributed by atoms with Gasteiger partial charge in [0.05, 0.1) is 16.3 Å². The molecule has 0 spiro atoms. The van der Waals surface area contributed by atoms with E-state index in [-0.39, 0.29) is 15.6 Å². The van der Waals surface area contributed by atoms with Crippen LogP contribution in [0.1, 0.15) is 6.92 Å². The van der Waals surface area contributed by atoms with Crippen molar-refractivity contribution in [2.75, 3.05) is 32.6 Å². The molecule has 0 heterocycles. The number of carbonyl (C=O) groups excluding carboxylic acids is 1. The summed E-state index contributed by atoms with van der Waals surface area (Å²) in [6, 6.07) is 6.05. The molecule has 0 saturated heterocycles. The van der Waals surface area contributed by atoms with Crippen molar-refractivity contribution in [3.05, 3.63) is 24.3 Å². The van der Waals surface area contributed by atoms with Gasteiger partial charge in [-0.2, -0.15) is 4.31 Å². The second-order valence-corrected chi connectivity index (χ2v) is 7.88. The van der Waals surface area contributed by atoms with Crippen molar-refractivity contribution < 1.29 is 17.9 Å². The maximum atomic E-state index is 12.4. The van der Waals surface area contributed by atoms with Gasteiger partial charge in [0, 0.05) is 33.3 Å². The van der Waals surface area contributed by atoms with Crippen LogP contribution in [0.3, 0.4) is 0 Å². The molecule has 1 atom stereocenters. The Bertz CT molecular complexity index is 574. The first kappa shape index (κ1) is 18.1. The average Bonchev–Trinajstić information content (AvgIpc) is 2.38. The number of anilines is 1. The van der Waals surface area contributed by atoms with Gasteiger partial charge in [-0.05, 0) is 24.3 Å². The maximum absolute atomic E-state index is 12.4. The minimum absolute atomic E-state index is 0.0825. The largest absolute Gasteiger partial charge is 0.383 e. The molecular weight excluding hydrogens is 360 g/mol. The lowest BCUT2D eigenvalue weighted by molar-refractivity contribution is -0.114. The molecule has 118 valence electrons. The van der Waals surface area contributed by atoms with Crippen molar-refractivity contribution in [2.24, 2.45) is 0 Å². The second kappa shape index (κ2) is 7.88. The molecule has 1 N–H and O–H groups in total. The van der Waals surface area contributed by atoms with Gasteiger partial charge in [-0.25, -0.2) is 8.42 Å². The van der Waals surface area contributed by atoms with Crippen molar-refractivity contribution in [1.82, 2.24) is 4.31 Å². The molecule has 0 radical (unpaired) electrons. The van der Waals surface area contributed by atoms with Crippen LogP contribution in [0, 0.1) is 0 Å². The molecule has 0 aliphatic rings. The molecular formula is C13H19BrN2O4S. The molecule has 0 aliphatic carbocycles. The summed E-state index contributed by atoms with van der Waals surface area (Å²) >= 11 is 3.36. The zero-order valence-electron chi connectivity index (χ0n) is 12.2. The zero-order chi connectivity index (χ0) is 16.0. The highest BCUT2D eigenvalue weighted by molar-refractivity contribution is 9.09. The number of amides is 1. The zero-order valence-corrected chi connectivity index (χ0v) is 14.6. The summed E-state index contributed by atoms with van der Waals surface area (Å²) in [5, 5.41) is 2.59. The Morgan fingerprint density at radius 2 is 1.95 bits per heavy atom. The van der Waals surface area contributed by atoms with Crippen LogP contribution in [-0.2, 0) is 19.6 Å². The van der Waals surface area contributed by atoms with Gasteiger partial charge in [-0.15, -0.1) is 0 Å². The standard InChI is InChI=1S/C13H19BrN2O4S/c1-10(17)15-12-4-6-13(7-5-12)21(18,19)16(2)8-11(14)9-20-3/h4-7,11H,8-9H2,1-3H3,(H,15,17). The minimum atomic E-state index is -3.56. The first-order chi connectivity index (χ1) is 9.77. The number of alkyl halides is 1. The van der Waals surface area contributed by atoms with Crippen molar-refractivity contribution in [3.63, 3.8) is 0 Å². The van der Waals surface area contributed by atoms with Crippen LogP contribution in [0.4, 0.5) is 5.69 Å². The van der Waals surface area contributed by atoms with Gasteiger partial charge in [0.2, 0.25) is 15.9 Å². The Kier molecular flexibility index (Phi) is 6.79. The molecule has 0 aromatic heterocycles. The van der Waals surface area contributed by atoms with Crippen LogP contribution in [0.2, 0.25) is 0 Å². The maximum Gasteiger partial charge on any atom is 0.242 e. The third-order valence-corrected chi connectivity index (χ3v) is 5.08. The fourth-order valence-corrected chi connectivity index (χ4v) is 3.81. The van der Waals surface area contributed by atoms with E-state index in [2.05, 4.69) is 21.2 Å². The lowest BCUT2D eigenvalue weighted by atomic mass is 10.3. The molecule has 8 heteroatoms. The minimum Gasteiger partial charge on any atom is -0.383 e. The lowest BCUT2D eigenvalue weighted by Gasteiger charge is -2.20. The Hall–Kier alpha value is -0.960. The molecule has 1 aromatic carbocycles. The van der Waals surface area contributed by atoms with Crippen LogP contribution < -0.4 is 5.32 Å². The van der Waals surface area contributed by atoms with E-state index in [1.165, 1.54) is 30.4 Å². The van der Waals surface area contributed by atoms with Crippen LogP contribution in [0.5, 0.6) is 0 Å². The second-order valence-electron chi connectivity index (χ2n) is 4.54. The first-order valence-corrected chi connectivity index (χ1v) is 8.60. The van der Waals surface area contributed by atoms with Crippen molar-refractivity contribution in [3.8, 4) is 0 Å². The van der Waals surface area contributed by atoms with Gasteiger partial charge >= 0.3 is 0 Å². The third kappa shape index (κ3) is 5.39. The Morgan fingerprint density at radius 3 is 2.43 bits per heavy atom. The van der Waals surface area contributed by atoms with E-state index in [9.17, 15) is 13.2 Å². The molecule has 1 unspecified atom stereocenters. The fraction of sp³-hybridized carbons (Fsp3) is 0.462. The molecule has 1 aromatic rings. The quantitative estimate of drug-likeness (QED) is 0.732. The molecule has 1 rings (SSSR count). The highest BCUT2D eigenvalue weighted by atomic mass is 79.9. The summed E-state index contributed by atoms with van der Waals surface area (Å²) in [7, 11) is -0.489. The Balaban J connectivity index is 2.84. The smallest absolute Gasteiger partial charge is 0.242 e. The number of halogens is 1. The molecule has 0 saturated carbocycles. The summed E-state index contributed by atoms with van der Waals surface area (Å²) in [5.41, 5.74) is 0.557. The normalized spacial score (nSPS) is 13.2. The first-order valence-electron chi connectivity index (χ1n) is 6.24. The van der Waals surface area contributed by atoms with Crippen LogP contribution in [-0.4, -0.2) is 50.8 Å². The number of rotatable bonds is 7. The van der Waals surface area contributed by atoms with E-state index in [1.54, 1.807) is 19.2 Å². The summed E-state index contributed by atoms with van der Waals surface area (Å²) in [5.74, 6) is -0.204. The van der Waals surface area contributed by atoms with Crippen molar-refractivity contribution in [2.45, 2.75) is 16.6 Å². The summed E-state index contributed by atoms with van der Waals surface area (Å²) < 4.78 is 31.0. The van der Waals surface area contributed by atoms with Crippen LogP contribution in [0.25, 0.3) is 0 Å². The number of sulfonamides is 1. The molecule has 21 heavy (non-hydrogen) atoms. The molecule has 0 aliphatic heterocycles. The number of hydrogen-bond acceptors (Lipinski definition) is 4. The summed E-state index contributed by atoms with van der Waals surface area (Å²) in [6.45, 7) is 2.11. The Labute approximate surface area is 133 Å². The number of nitrogens with zero attached hydrogens (tertiary/aromatic N) is 1.